The highest BCUT2D eigenvalue weighted by molar-refractivity contribution is 7.82. The minimum Gasteiger partial charge on any atom is -0.366 e. The number of fused-ring (bicyclic) bond motifs is 1. The maximum Gasteiger partial charge on any atom is 0.400 e. The molecule has 2 fully saturated rings. The summed E-state index contributed by atoms with van der Waals surface area (Å²) in [6.07, 6.45) is 2.81. The molecule has 0 aromatic carbocycles. The lowest BCUT2D eigenvalue weighted by Gasteiger charge is -2.14. The van der Waals surface area contributed by atoms with Gasteiger partial charge in [-0.25, -0.2) is 8.37 Å². The fourth-order valence-electron chi connectivity index (χ4n) is 2.97. The van der Waals surface area contributed by atoms with E-state index < -0.39 is 10.4 Å². The lowest BCUT2D eigenvalue weighted by atomic mass is 9.97. The van der Waals surface area contributed by atoms with Crippen molar-refractivity contribution >= 4 is 28.9 Å². The van der Waals surface area contributed by atoms with Gasteiger partial charge in [-0.1, -0.05) is 0 Å². The van der Waals surface area contributed by atoms with Gasteiger partial charge in [0.1, 0.15) is 12.2 Å². The highest BCUT2D eigenvalue weighted by Gasteiger charge is 2.53. The molecule has 1 saturated heterocycles. The van der Waals surface area contributed by atoms with Gasteiger partial charge in [0.05, 0.1) is 6.61 Å². The maximum atomic E-state index is 11.4. The van der Waals surface area contributed by atoms with E-state index in [4.69, 9.17) is 12.9 Å². The normalized spacial score (nSPS) is 36.3. The molecule has 1 saturated carbocycles. The molecule has 2 aliphatic rings. The standard InChI is InChI=1S/C10H19NO5P2S/c12-19(13)15-9-7(2-1-4-11-17)6-8(3-5-14-18)10(9)16-19/h7-10,17H,1-6,18H2/t7-,8-,9?,10?/m0/s1. The summed E-state index contributed by atoms with van der Waals surface area (Å²) in [6, 6.07) is 0. The van der Waals surface area contributed by atoms with Crippen LogP contribution in [0.15, 0.2) is 4.74 Å². The zero-order chi connectivity index (χ0) is 13.9. The second kappa shape index (κ2) is 6.88. The molecule has 1 aliphatic carbocycles. The molecule has 0 radical (unpaired) electrons. The Bertz CT molecular complexity index is 418. The zero-order valence-corrected chi connectivity index (χ0v) is 13.5. The van der Waals surface area contributed by atoms with Gasteiger partial charge in [-0.15, -0.1) is 0 Å². The Kier molecular flexibility index (Phi) is 5.70. The van der Waals surface area contributed by atoms with Gasteiger partial charge in [-0.2, -0.15) is 8.42 Å². The molecule has 0 spiro atoms. The van der Waals surface area contributed by atoms with Crippen LogP contribution in [0.25, 0.3) is 0 Å². The lowest BCUT2D eigenvalue weighted by Crippen LogP contribution is -2.25. The van der Waals surface area contributed by atoms with Crippen molar-refractivity contribution in [2.24, 2.45) is 16.6 Å². The summed E-state index contributed by atoms with van der Waals surface area (Å²) in [5.41, 5.74) is 0. The zero-order valence-electron chi connectivity index (χ0n) is 10.5. The van der Waals surface area contributed by atoms with Gasteiger partial charge < -0.3 is 4.52 Å². The Labute approximate surface area is 118 Å². The molecule has 0 amide bonds. The Morgan fingerprint density at radius 2 is 1.89 bits per heavy atom. The topological polar surface area (TPSA) is 74.2 Å². The highest BCUT2D eigenvalue weighted by atomic mass is 32.3. The van der Waals surface area contributed by atoms with E-state index in [0.717, 1.165) is 32.2 Å². The molecule has 0 N–H and O–H groups in total. The summed E-state index contributed by atoms with van der Waals surface area (Å²) < 4.78 is 41.9. The van der Waals surface area contributed by atoms with Crippen LogP contribution < -0.4 is 0 Å². The molecular formula is C10H19NO5P2S. The summed E-state index contributed by atoms with van der Waals surface area (Å²) >= 11 is 0. The third-order valence-electron chi connectivity index (χ3n) is 3.77. The van der Waals surface area contributed by atoms with Crippen LogP contribution in [0, 0.1) is 11.8 Å². The minimum atomic E-state index is -3.81. The van der Waals surface area contributed by atoms with E-state index in [2.05, 4.69) is 23.2 Å². The first-order valence-corrected chi connectivity index (χ1v) is 8.59. The minimum absolute atomic E-state index is 0.174. The van der Waals surface area contributed by atoms with E-state index in [-0.39, 0.29) is 24.0 Å². The molecule has 0 aromatic rings. The average Bonchev–Trinajstić information content (AvgIpc) is 2.82. The Hall–Kier alpha value is 0.360. The second-order valence-corrected chi connectivity index (χ2v) is 6.82. The first-order chi connectivity index (χ1) is 9.07. The van der Waals surface area contributed by atoms with Gasteiger partial charge >= 0.3 is 10.4 Å². The van der Waals surface area contributed by atoms with Gasteiger partial charge in [0.15, 0.2) is 0 Å². The third-order valence-corrected chi connectivity index (χ3v) is 5.14. The van der Waals surface area contributed by atoms with Gasteiger partial charge in [0, 0.05) is 16.0 Å². The molecule has 0 bridgehead atoms. The van der Waals surface area contributed by atoms with Gasteiger partial charge in [0.25, 0.3) is 0 Å². The number of hydrogen-bond donors (Lipinski definition) is 0. The van der Waals surface area contributed by atoms with E-state index in [1.54, 1.807) is 0 Å². The second-order valence-electron chi connectivity index (χ2n) is 4.97. The summed E-state index contributed by atoms with van der Waals surface area (Å²) in [6.45, 7) is 1.29. The molecule has 9 heteroatoms. The van der Waals surface area contributed by atoms with Crippen molar-refractivity contribution in [2.45, 2.75) is 37.9 Å². The fraction of sp³-hybridized carbons (Fsp3) is 1.00. The van der Waals surface area contributed by atoms with Gasteiger partial charge in [-0.05, 0) is 46.6 Å². The molecule has 1 heterocycles. The molecule has 19 heavy (non-hydrogen) atoms. The number of nitrogens with zero attached hydrogens (tertiary/aromatic N) is 1. The van der Waals surface area contributed by atoms with Crippen molar-refractivity contribution in [1.29, 1.82) is 0 Å². The van der Waals surface area contributed by atoms with E-state index in [1.807, 2.05) is 0 Å². The van der Waals surface area contributed by atoms with Crippen molar-refractivity contribution in [3.05, 3.63) is 0 Å². The smallest absolute Gasteiger partial charge is 0.366 e. The fourth-order valence-corrected chi connectivity index (χ4v) is 4.39. The van der Waals surface area contributed by atoms with Crippen LogP contribution in [0.2, 0.25) is 0 Å². The molecule has 6 nitrogen and oxygen atoms in total. The Morgan fingerprint density at radius 1 is 1.26 bits per heavy atom. The average molecular weight is 327 g/mol. The monoisotopic (exact) mass is 327 g/mol. The van der Waals surface area contributed by atoms with Crippen LogP contribution >= 0.6 is 18.5 Å². The van der Waals surface area contributed by atoms with E-state index >= 15 is 0 Å². The van der Waals surface area contributed by atoms with Crippen molar-refractivity contribution in [3.63, 3.8) is 0 Å². The Morgan fingerprint density at radius 3 is 2.47 bits per heavy atom. The Balaban J connectivity index is 1.99. The van der Waals surface area contributed by atoms with Crippen molar-refractivity contribution in [1.82, 2.24) is 0 Å². The largest absolute Gasteiger partial charge is 0.400 e. The number of rotatable bonds is 7. The van der Waals surface area contributed by atoms with Crippen LogP contribution in [0.1, 0.15) is 25.7 Å². The van der Waals surface area contributed by atoms with Crippen molar-refractivity contribution in [2.75, 3.05) is 13.2 Å². The van der Waals surface area contributed by atoms with Crippen molar-refractivity contribution < 1.29 is 21.3 Å². The highest BCUT2D eigenvalue weighted by Crippen LogP contribution is 2.45. The molecule has 5 atom stereocenters. The predicted octanol–water partition coefficient (Wildman–Crippen LogP) is 1.95. The van der Waals surface area contributed by atoms with Gasteiger partial charge in [0.2, 0.25) is 0 Å². The summed E-state index contributed by atoms with van der Waals surface area (Å²) in [7, 11) is 1.48. The van der Waals surface area contributed by atoms with Crippen molar-refractivity contribution in [3.8, 4) is 0 Å². The van der Waals surface area contributed by atoms with Crippen LogP contribution in [0.5, 0.6) is 0 Å². The first-order valence-electron chi connectivity index (χ1n) is 6.34. The summed E-state index contributed by atoms with van der Waals surface area (Å²) in [5, 5.41) is 0. The predicted molar refractivity (Wildman–Crippen MR) is 75.4 cm³/mol. The summed E-state index contributed by atoms with van der Waals surface area (Å²) in [5.74, 6) is 0.387. The van der Waals surface area contributed by atoms with Crippen LogP contribution in [-0.2, 0) is 23.3 Å². The van der Waals surface area contributed by atoms with E-state index in [1.165, 1.54) is 0 Å². The lowest BCUT2D eigenvalue weighted by molar-refractivity contribution is 0.121. The van der Waals surface area contributed by atoms with Crippen LogP contribution in [0.4, 0.5) is 0 Å². The third kappa shape index (κ3) is 3.93. The first kappa shape index (κ1) is 15.7. The van der Waals surface area contributed by atoms with E-state index in [9.17, 15) is 8.42 Å². The number of hydrogen-bond acceptors (Lipinski definition) is 6. The molecule has 2 rings (SSSR count). The molecule has 3 unspecified atom stereocenters. The maximum absolute atomic E-state index is 11.4. The molecule has 110 valence electrons. The summed E-state index contributed by atoms with van der Waals surface area (Å²) in [4.78, 5) is 0. The van der Waals surface area contributed by atoms with Gasteiger partial charge in [-0.3, -0.25) is 4.74 Å². The molecule has 0 aromatic heterocycles. The van der Waals surface area contributed by atoms with Crippen LogP contribution in [0.3, 0.4) is 0 Å². The SMILES string of the molecule is O=S1(=O)OC2C(O1)[C@@H](CCOP)C[C@@H]2CCCN=P. The quantitative estimate of drug-likeness (QED) is 0.528. The molecular weight excluding hydrogens is 308 g/mol. The molecule has 1 aliphatic heterocycles. The van der Waals surface area contributed by atoms with E-state index in [0.29, 0.717) is 6.61 Å². The van der Waals surface area contributed by atoms with Crippen LogP contribution in [-0.4, -0.2) is 33.8 Å².